The number of nitrogens with two attached hydrogens (primary N) is 1. The number of benzene rings is 1. The van der Waals surface area contributed by atoms with Crippen LogP contribution in [0.1, 0.15) is 60.4 Å². The molecule has 0 bridgehead atoms. The third-order valence-electron chi connectivity index (χ3n) is 3.58. The van der Waals surface area contributed by atoms with Gasteiger partial charge in [0.15, 0.2) is 0 Å². The van der Waals surface area contributed by atoms with Crippen molar-refractivity contribution < 1.29 is 4.79 Å². The Morgan fingerprint density at radius 3 is 2.35 bits per heavy atom. The van der Waals surface area contributed by atoms with Gasteiger partial charge >= 0.3 is 0 Å². The Morgan fingerprint density at radius 2 is 1.82 bits per heavy atom. The molecule has 1 saturated carbocycles. The average Bonchev–Trinajstić information content (AvgIpc) is 2.57. The summed E-state index contributed by atoms with van der Waals surface area (Å²) >= 11 is 6.25. The van der Waals surface area contributed by atoms with Crippen LogP contribution in [0.15, 0.2) is 18.2 Å². The summed E-state index contributed by atoms with van der Waals surface area (Å²) in [5, 5.41) is 0.688. The number of hydrogen-bond donors (Lipinski definition) is 1. The van der Waals surface area contributed by atoms with Crippen molar-refractivity contribution in [2.24, 2.45) is 5.73 Å². The lowest BCUT2D eigenvalue weighted by Gasteiger charge is -2.16. The minimum atomic E-state index is -0.417. The molecule has 1 aliphatic carbocycles. The second-order valence-electron chi connectivity index (χ2n) is 4.79. The van der Waals surface area contributed by atoms with Crippen LogP contribution < -0.4 is 5.73 Å². The minimum absolute atomic E-state index is 0.417. The number of primary amides is 1. The molecule has 2 N–H and O–H groups in total. The lowest BCUT2D eigenvalue weighted by atomic mass is 9.91. The molecule has 0 atom stereocenters. The molecule has 0 aromatic heterocycles. The van der Waals surface area contributed by atoms with E-state index < -0.39 is 5.91 Å². The average molecular weight is 252 g/mol. The third-order valence-corrected chi connectivity index (χ3v) is 3.91. The Bertz CT molecular complexity index is 409. The molecule has 0 heterocycles. The van der Waals surface area contributed by atoms with Crippen LogP contribution in [0, 0.1) is 0 Å². The Balaban J connectivity index is 2.22. The second kappa shape index (κ2) is 5.54. The van der Waals surface area contributed by atoms with E-state index in [1.165, 1.54) is 44.1 Å². The van der Waals surface area contributed by atoms with Crippen molar-refractivity contribution in [2.45, 2.75) is 44.4 Å². The highest BCUT2D eigenvalue weighted by Gasteiger charge is 2.17. The van der Waals surface area contributed by atoms with Gasteiger partial charge in [-0.1, -0.05) is 43.4 Å². The number of carbonyl (C=O) groups is 1. The van der Waals surface area contributed by atoms with Crippen molar-refractivity contribution in [3.8, 4) is 0 Å². The molecule has 1 fully saturated rings. The smallest absolute Gasteiger partial charge is 0.248 e. The fourth-order valence-corrected chi connectivity index (χ4v) is 2.94. The molecular weight excluding hydrogens is 234 g/mol. The Hall–Kier alpha value is -1.02. The molecule has 1 aromatic rings. The summed E-state index contributed by atoms with van der Waals surface area (Å²) in [5.74, 6) is 0.131. The van der Waals surface area contributed by atoms with Gasteiger partial charge < -0.3 is 5.73 Å². The maximum atomic E-state index is 11.1. The first-order valence-corrected chi connectivity index (χ1v) is 6.65. The van der Waals surface area contributed by atoms with Gasteiger partial charge in [-0.2, -0.15) is 0 Å². The summed E-state index contributed by atoms with van der Waals surface area (Å²) in [5.41, 5.74) is 6.91. The largest absolute Gasteiger partial charge is 0.366 e. The van der Waals surface area contributed by atoms with Crippen LogP contribution in [0.4, 0.5) is 0 Å². The van der Waals surface area contributed by atoms with Crippen LogP contribution in [0.3, 0.4) is 0 Å². The zero-order valence-corrected chi connectivity index (χ0v) is 10.7. The van der Waals surface area contributed by atoms with E-state index in [9.17, 15) is 4.79 Å². The maximum absolute atomic E-state index is 11.1. The number of carbonyl (C=O) groups excluding carboxylic acids is 1. The molecular formula is C14H18ClNO. The van der Waals surface area contributed by atoms with E-state index in [-0.39, 0.29) is 0 Å². The number of amides is 1. The fraction of sp³-hybridized carbons (Fsp3) is 0.500. The van der Waals surface area contributed by atoms with E-state index in [4.69, 9.17) is 17.3 Å². The van der Waals surface area contributed by atoms with Crippen molar-refractivity contribution in [1.82, 2.24) is 0 Å². The van der Waals surface area contributed by atoms with Gasteiger partial charge in [-0.15, -0.1) is 0 Å². The zero-order valence-electron chi connectivity index (χ0n) is 9.92. The van der Waals surface area contributed by atoms with E-state index in [1.54, 1.807) is 12.1 Å². The van der Waals surface area contributed by atoms with Gasteiger partial charge in [0.1, 0.15) is 0 Å². The summed E-state index contributed by atoms with van der Waals surface area (Å²) in [6.45, 7) is 0. The summed E-state index contributed by atoms with van der Waals surface area (Å²) in [7, 11) is 0. The van der Waals surface area contributed by atoms with Gasteiger partial charge in [-0.25, -0.2) is 0 Å². The molecule has 0 saturated heterocycles. The molecule has 2 rings (SSSR count). The van der Waals surface area contributed by atoms with E-state index in [2.05, 4.69) is 0 Å². The second-order valence-corrected chi connectivity index (χ2v) is 5.20. The lowest BCUT2D eigenvalue weighted by molar-refractivity contribution is 0.100. The topological polar surface area (TPSA) is 43.1 Å². The fourth-order valence-electron chi connectivity index (χ4n) is 2.60. The van der Waals surface area contributed by atoms with E-state index in [0.717, 1.165) is 0 Å². The summed E-state index contributed by atoms with van der Waals surface area (Å²) in [6, 6.07) is 5.46. The molecule has 1 amide bonds. The first-order chi connectivity index (χ1) is 8.18. The van der Waals surface area contributed by atoms with E-state index in [1.807, 2.05) is 6.07 Å². The van der Waals surface area contributed by atoms with E-state index in [0.29, 0.717) is 16.5 Å². The van der Waals surface area contributed by atoms with Crippen molar-refractivity contribution in [1.29, 1.82) is 0 Å². The van der Waals surface area contributed by atoms with Crippen LogP contribution in [0.2, 0.25) is 5.02 Å². The Kier molecular flexibility index (Phi) is 4.06. The van der Waals surface area contributed by atoms with Gasteiger partial charge in [0.2, 0.25) is 5.91 Å². The zero-order chi connectivity index (χ0) is 12.3. The number of halogens is 1. The van der Waals surface area contributed by atoms with Crippen molar-refractivity contribution in [2.75, 3.05) is 0 Å². The van der Waals surface area contributed by atoms with Gasteiger partial charge in [0.25, 0.3) is 0 Å². The van der Waals surface area contributed by atoms with E-state index >= 15 is 0 Å². The number of hydrogen-bond acceptors (Lipinski definition) is 1. The number of rotatable bonds is 2. The van der Waals surface area contributed by atoms with Crippen molar-refractivity contribution in [3.05, 3.63) is 34.3 Å². The summed E-state index contributed by atoms with van der Waals surface area (Å²) < 4.78 is 0. The van der Waals surface area contributed by atoms with Gasteiger partial charge in [0.05, 0.1) is 0 Å². The monoisotopic (exact) mass is 251 g/mol. The third kappa shape index (κ3) is 3.01. The molecule has 0 spiro atoms. The molecule has 3 heteroatoms. The standard InChI is InChI=1S/C14H18ClNO/c15-13-9-11(14(16)17)7-8-12(13)10-5-3-1-2-4-6-10/h7-10H,1-6H2,(H2,16,17). The quantitative estimate of drug-likeness (QED) is 0.797. The summed E-state index contributed by atoms with van der Waals surface area (Å²) in [4.78, 5) is 11.1. The van der Waals surface area contributed by atoms with Crippen LogP contribution in [0.5, 0.6) is 0 Å². The van der Waals surface area contributed by atoms with Crippen molar-refractivity contribution >= 4 is 17.5 Å². The predicted octanol–water partition coefficient (Wildman–Crippen LogP) is 3.88. The molecule has 17 heavy (non-hydrogen) atoms. The minimum Gasteiger partial charge on any atom is -0.366 e. The molecule has 1 aromatic carbocycles. The highest BCUT2D eigenvalue weighted by molar-refractivity contribution is 6.31. The van der Waals surface area contributed by atoms with Gasteiger partial charge in [-0.3, -0.25) is 4.79 Å². The van der Waals surface area contributed by atoms with Crippen LogP contribution in [-0.4, -0.2) is 5.91 Å². The Morgan fingerprint density at radius 1 is 1.18 bits per heavy atom. The first-order valence-electron chi connectivity index (χ1n) is 6.27. The highest BCUT2D eigenvalue weighted by Crippen LogP contribution is 2.35. The SMILES string of the molecule is NC(=O)c1ccc(C2CCCCCC2)c(Cl)c1. The summed E-state index contributed by atoms with van der Waals surface area (Å²) in [6.07, 6.45) is 7.61. The van der Waals surface area contributed by atoms with Crippen LogP contribution in [0.25, 0.3) is 0 Å². The van der Waals surface area contributed by atoms with Gasteiger partial charge in [0, 0.05) is 10.6 Å². The Labute approximate surface area is 107 Å². The highest BCUT2D eigenvalue weighted by atomic mass is 35.5. The molecule has 0 aliphatic heterocycles. The van der Waals surface area contributed by atoms with Gasteiger partial charge in [-0.05, 0) is 36.5 Å². The lowest BCUT2D eigenvalue weighted by Crippen LogP contribution is -2.11. The first kappa shape index (κ1) is 12.4. The van der Waals surface area contributed by atoms with Crippen LogP contribution >= 0.6 is 11.6 Å². The predicted molar refractivity (Wildman–Crippen MR) is 70.4 cm³/mol. The molecule has 1 aliphatic rings. The molecule has 0 unspecified atom stereocenters. The molecule has 0 radical (unpaired) electrons. The molecule has 92 valence electrons. The maximum Gasteiger partial charge on any atom is 0.248 e. The van der Waals surface area contributed by atoms with Crippen molar-refractivity contribution in [3.63, 3.8) is 0 Å². The normalized spacial score (nSPS) is 17.7. The van der Waals surface area contributed by atoms with Crippen LogP contribution in [-0.2, 0) is 0 Å². The molecule has 2 nitrogen and oxygen atoms in total.